The van der Waals surface area contributed by atoms with Gasteiger partial charge in [0, 0.05) is 6.42 Å². The van der Waals surface area contributed by atoms with Crippen molar-refractivity contribution in [1.82, 2.24) is 0 Å². The molecular weight excluding hydrogens is 258 g/mol. The van der Waals surface area contributed by atoms with E-state index in [0.717, 1.165) is 18.6 Å². The summed E-state index contributed by atoms with van der Waals surface area (Å²) in [7, 11) is 0. The Balaban J connectivity index is 1.67. The molecule has 0 aliphatic heterocycles. The van der Waals surface area contributed by atoms with Crippen LogP contribution in [0.4, 0.5) is 8.78 Å². The lowest BCUT2D eigenvalue weighted by Crippen LogP contribution is -2.15. The van der Waals surface area contributed by atoms with E-state index in [1.54, 1.807) is 0 Å². The second kappa shape index (κ2) is 5.33. The summed E-state index contributed by atoms with van der Waals surface area (Å²) in [6, 6.07) is 13.4. The minimum atomic E-state index is -0.628. The Morgan fingerprint density at radius 2 is 1.85 bits per heavy atom. The van der Waals surface area contributed by atoms with Crippen LogP contribution in [0.3, 0.4) is 0 Å². The van der Waals surface area contributed by atoms with E-state index in [1.165, 1.54) is 11.6 Å². The normalized spacial score (nSPS) is 22.6. The molecule has 1 aliphatic rings. The molecule has 1 fully saturated rings. The van der Waals surface area contributed by atoms with Crippen LogP contribution in [0.2, 0.25) is 0 Å². The molecule has 1 nitrogen and oxygen atoms in total. The summed E-state index contributed by atoms with van der Waals surface area (Å²) in [5.41, 5.74) is 1.45. The maximum absolute atomic E-state index is 13.6. The maximum atomic E-state index is 13.6. The first-order valence-corrected chi connectivity index (χ1v) is 6.82. The van der Waals surface area contributed by atoms with E-state index >= 15 is 0 Å². The molecule has 0 spiro atoms. The fraction of sp³-hybridized carbons (Fsp3) is 0.294. The molecule has 20 heavy (non-hydrogen) atoms. The molecule has 2 aromatic rings. The average Bonchev–Trinajstić information content (AvgIpc) is 3.24. The van der Waals surface area contributed by atoms with Crippen LogP contribution in [-0.2, 0) is 6.42 Å². The maximum Gasteiger partial charge on any atom is 0.126 e. The standard InChI is InChI=1S/C17H16F2O/c18-13-6-7-16(19)12(8-13)9-17(20)15-10-14(15)11-4-2-1-3-5-11/h1-8,14-15,17,20H,9-10H2. The number of aliphatic hydroxyl groups excluding tert-OH is 1. The van der Waals surface area contributed by atoms with E-state index in [-0.39, 0.29) is 17.9 Å². The first-order chi connectivity index (χ1) is 9.65. The molecule has 1 N–H and O–H groups in total. The minimum Gasteiger partial charge on any atom is -0.392 e. The summed E-state index contributed by atoms with van der Waals surface area (Å²) in [4.78, 5) is 0. The number of benzene rings is 2. The van der Waals surface area contributed by atoms with E-state index in [4.69, 9.17) is 0 Å². The summed E-state index contributed by atoms with van der Waals surface area (Å²) >= 11 is 0. The highest BCUT2D eigenvalue weighted by Crippen LogP contribution is 2.50. The Kier molecular flexibility index (Phi) is 3.53. The monoisotopic (exact) mass is 274 g/mol. The van der Waals surface area contributed by atoms with Crippen molar-refractivity contribution in [3.8, 4) is 0 Å². The van der Waals surface area contributed by atoms with Gasteiger partial charge in [0.1, 0.15) is 11.6 Å². The van der Waals surface area contributed by atoms with Gasteiger partial charge < -0.3 is 5.11 Å². The zero-order valence-corrected chi connectivity index (χ0v) is 11.0. The molecule has 3 rings (SSSR count). The van der Waals surface area contributed by atoms with E-state index in [1.807, 2.05) is 30.3 Å². The molecule has 0 bridgehead atoms. The minimum absolute atomic E-state index is 0.139. The second-order valence-corrected chi connectivity index (χ2v) is 5.42. The van der Waals surface area contributed by atoms with Gasteiger partial charge in [-0.3, -0.25) is 0 Å². The van der Waals surface area contributed by atoms with E-state index in [9.17, 15) is 13.9 Å². The third-order valence-electron chi connectivity index (χ3n) is 4.00. The van der Waals surface area contributed by atoms with Crippen molar-refractivity contribution in [3.05, 3.63) is 71.3 Å². The molecule has 0 heterocycles. The summed E-state index contributed by atoms with van der Waals surface area (Å²) in [5.74, 6) is -0.450. The van der Waals surface area contributed by atoms with E-state index < -0.39 is 17.7 Å². The van der Waals surface area contributed by atoms with Crippen molar-refractivity contribution >= 4 is 0 Å². The number of aliphatic hydroxyl groups is 1. The molecule has 3 heteroatoms. The lowest BCUT2D eigenvalue weighted by Gasteiger charge is -2.11. The van der Waals surface area contributed by atoms with Crippen LogP contribution in [0.15, 0.2) is 48.5 Å². The fourth-order valence-electron chi connectivity index (χ4n) is 2.80. The van der Waals surface area contributed by atoms with Crippen LogP contribution in [0.25, 0.3) is 0 Å². The van der Waals surface area contributed by atoms with Crippen LogP contribution >= 0.6 is 0 Å². The lowest BCUT2D eigenvalue weighted by atomic mass is 10.0. The van der Waals surface area contributed by atoms with Crippen molar-refractivity contribution in [2.45, 2.75) is 24.9 Å². The van der Waals surface area contributed by atoms with Crippen LogP contribution in [-0.4, -0.2) is 11.2 Å². The highest BCUT2D eigenvalue weighted by atomic mass is 19.1. The fourth-order valence-corrected chi connectivity index (χ4v) is 2.80. The largest absolute Gasteiger partial charge is 0.392 e. The first-order valence-electron chi connectivity index (χ1n) is 6.82. The topological polar surface area (TPSA) is 20.2 Å². The smallest absolute Gasteiger partial charge is 0.126 e. The molecule has 0 radical (unpaired) electrons. The predicted molar refractivity (Wildman–Crippen MR) is 73.4 cm³/mol. The molecule has 3 unspecified atom stereocenters. The van der Waals surface area contributed by atoms with Gasteiger partial charge in [0.25, 0.3) is 0 Å². The summed E-state index contributed by atoms with van der Waals surface area (Å²) in [5, 5.41) is 10.2. The van der Waals surface area contributed by atoms with Gasteiger partial charge >= 0.3 is 0 Å². The van der Waals surface area contributed by atoms with Gasteiger partial charge in [-0.2, -0.15) is 0 Å². The average molecular weight is 274 g/mol. The van der Waals surface area contributed by atoms with Gasteiger partial charge in [0.15, 0.2) is 0 Å². The number of halogens is 2. The molecule has 104 valence electrons. The van der Waals surface area contributed by atoms with E-state index in [2.05, 4.69) is 0 Å². The molecule has 3 atom stereocenters. The zero-order valence-electron chi connectivity index (χ0n) is 11.0. The molecule has 2 aromatic carbocycles. The lowest BCUT2D eigenvalue weighted by molar-refractivity contribution is 0.148. The quantitative estimate of drug-likeness (QED) is 0.902. The van der Waals surface area contributed by atoms with Crippen molar-refractivity contribution in [2.75, 3.05) is 0 Å². The van der Waals surface area contributed by atoms with Gasteiger partial charge in [-0.25, -0.2) is 8.78 Å². The summed E-state index contributed by atoms with van der Waals surface area (Å²) in [6.07, 6.45) is 0.441. The Morgan fingerprint density at radius 3 is 2.60 bits per heavy atom. The molecule has 0 aromatic heterocycles. The van der Waals surface area contributed by atoms with Crippen LogP contribution in [0.1, 0.15) is 23.5 Å². The van der Waals surface area contributed by atoms with Gasteiger partial charge in [0.2, 0.25) is 0 Å². The highest BCUT2D eigenvalue weighted by Gasteiger charge is 2.43. The van der Waals surface area contributed by atoms with Gasteiger partial charge in [-0.1, -0.05) is 30.3 Å². The number of hydrogen-bond donors (Lipinski definition) is 1. The molecule has 0 amide bonds. The van der Waals surface area contributed by atoms with Gasteiger partial charge in [-0.05, 0) is 47.6 Å². The second-order valence-electron chi connectivity index (χ2n) is 5.42. The Labute approximate surface area is 116 Å². The number of rotatable bonds is 4. The molecule has 1 aliphatic carbocycles. The van der Waals surface area contributed by atoms with Crippen LogP contribution in [0.5, 0.6) is 0 Å². The van der Waals surface area contributed by atoms with Gasteiger partial charge in [0.05, 0.1) is 6.10 Å². The highest BCUT2D eigenvalue weighted by molar-refractivity contribution is 5.27. The van der Waals surface area contributed by atoms with Crippen molar-refractivity contribution in [2.24, 2.45) is 5.92 Å². The van der Waals surface area contributed by atoms with Crippen LogP contribution in [0, 0.1) is 17.6 Å². The first kappa shape index (κ1) is 13.3. The Bertz CT molecular complexity index is 597. The Hall–Kier alpha value is -1.74. The molecule has 0 saturated heterocycles. The predicted octanol–water partition coefficient (Wildman–Crippen LogP) is 3.67. The zero-order chi connectivity index (χ0) is 14.1. The van der Waals surface area contributed by atoms with Gasteiger partial charge in [-0.15, -0.1) is 0 Å². The summed E-state index contributed by atoms with van der Waals surface area (Å²) < 4.78 is 26.7. The van der Waals surface area contributed by atoms with Crippen molar-refractivity contribution in [3.63, 3.8) is 0 Å². The summed E-state index contributed by atoms with van der Waals surface area (Å²) in [6.45, 7) is 0. The molecular formula is C17H16F2O. The van der Waals surface area contributed by atoms with Crippen LogP contribution < -0.4 is 0 Å². The molecule has 1 saturated carbocycles. The van der Waals surface area contributed by atoms with E-state index in [0.29, 0.717) is 5.92 Å². The Morgan fingerprint density at radius 1 is 1.10 bits per heavy atom. The third kappa shape index (κ3) is 2.73. The SMILES string of the molecule is OC(Cc1cc(F)ccc1F)C1CC1c1ccccc1. The van der Waals surface area contributed by atoms with Crippen molar-refractivity contribution in [1.29, 1.82) is 0 Å². The third-order valence-corrected chi connectivity index (χ3v) is 4.00. The van der Waals surface area contributed by atoms with Crippen molar-refractivity contribution < 1.29 is 13.9 Å². The number of hydrogen-bond acceptors (Lipinski definition) is 1.